The number of ether oxygens (including phenoxy) is 1. The number of rotatable bonds is 9. The number of benzene rings is 3. The number of hydrogen-bond acceptors (Lipinski definition) is 6. The van der Waals surface area contributed by atoms with Crippen molar-refractivity contribution in [1.29, 1.82) is 0 Å². The number of hydrazone groups is 1. The van der Waals surface area contributed by atoms with Gasteiger partial charge in [0.2, 0.25) is 21.8 Å². The Labute approximate surface area is 235 Å². The maximum absolute atomic E-state index is 12.9. The monoisotopic (exact) mass is 562 g/mol. The van der Waals surface area contributed by atoms with Crippen molar-refractivity contribution < 1.29 is 22.7 Å². The van der Waals surface area contributed by atoms with E-state index >= 15 is 0 Å². The molecule has 1 saturated heterocycles. The molecule has 10 heteroatoms. The third-order valence-corrected chi connectivity index (χ3v) is 8.84. The van der Waals surface area contributed by atoms with Crippen molar-refractivity contribution in [2.75, 3.05) is 25.5 Å². The first-order chi connectivity index (χ1) is 19.2. The normalized spacial score (nSPS) is 14.9. The second-order valence-electron chi connectivity index (χ2n) is 9.82. The lowest BCUT2D eigenvalue weighted by Gasteiger charge is -2.30. The molecule has 3 aromatic carbocycles. The Kier molecular flexibility index (Phi) is 9.34. The summed E-state index contributed by atoms with van der Waals surface area (Å²) in [4.78, 5) is 25.4. The summed E-state index contributed by atoms with van der Waals surface area (Å²) < 4.78 is 32.4. The van der Waals surface area contributed by atoms with Gasteiger partial charge in [-0.05, 0) is 74.2 Å². The molecule has 2 N–H and O–H groups in total. The van der Waals surface area contributed by atoms with Crippen molar-refractivity contribution in [2.24, 2.45) is 11.0 Å². The van der Waals surface area contributed by atoms with Gasteiger partial charge in [-0.25, -0.2) is 13.8 Å². The minimum atomic E-state index is -3.58. The SMILES string of the molecule is COc1ccc(CC(=O)Nc2ccc(/C(C)=N\NC(=O)C3CCN(S(=O)(=O)c4ccc(C)cc4)CC3)cc2)cc1. The molecule has 0 atom stereocenters. The van der Waals surface area contributed by atoms with E-state index < -0.39 is 10.0 Å². The van der Waals surface area contributed by atoms with Gasteiger partial charge in [-0.3, -0.25) is 9.59 Å². The number of carbonyl (C=O) groups excluding carboxylic acids is 2. The van der Waals surface area contributed by atoms with Gasteiger partial charge in [-0.1, -0.05) is 42.0 Å². The molecule has 1 fully saturated rings. The van der Waals surface area contributed by atoms with E-state index in [1.807, 2.05) is 43.3 Å². The van der Waals surface area contributed by atoms with Gasteiger partial charge >= 0.3 is 0 Å². The predicted molar refractivity (Wildman–Crippen MR) is 155 cm³/mol. The Morgan fingerprint density at radius 3 is 2.17 bits per heavy atom. The molecule has 0 spiro atoms. The number of nitrogens with one attached hydrogen (secondary N) is 2. The average molecular weight is 563 g/mol. The number of hydrogen-bond donors (Lipinski definition) is 2. The Morgan fingerprint density at radius 1 is 0.950 bits per heavy atom. The van der Waals surface area contributed by atoms with E-state index in [1.165, 1.54) is 4.31 Å². The average Bonchev–Trinajstić information content (AvgIpc) is 2.96. The molecule has 0 bridgehead atoms. The maximum Gasteiger partial charge on any atom is 0.243 e. The molecule has 9 nitrogen and oxygen atoms in total. The Morgan fingerprint density at radius 2 is 1.57 bits per heavy atom. The minimum absolute atomic E-state index is 0.131. The van der Waals surface area contributed by atoms with E-state index in [1.54, 1.807) is 50.4 Å². The van der Waals surface area contributed by atoms with Gasteiger partial charge < -0.3 is 10.1 Å². The fraction of sp³-hybridized carbons (Fsp3) is 0.300. The van der Waals surface area contributed by atoms with E-state index in [4.69, 9.17) is 4.74 Å². The van der Waals surface area contributed by atoms with Crippen LogP contribution in [0.5, 0.6) is 5.75 Å². The lowest BCUT2D eigenvalue weighted by Crippen LogP contribution is -2.42. The zero-order valence-electron chi connectivity index (χ0n) is 22.9. The maximum atomic E-state index is 12.9. The Bertz CT molecular complexity index is 1460. The highest BCUT2D eigenvalue weighted by Gasteiger charge is 2.32. The van der Waals surface area contributed by atoms with E-state index in [-0.39, 0.29) is 42.1 Å². The second-order valence-corrected chi connectivity index (χ2v) is 11.8. The molecule has 2 amide bonds. The van der Waals surface area contributed by atoms with Crippen LogP contribution in [-0.4, -0.2) is 50.4 Å². The minimum Gasteiger partial charge on any atom is -0.497 e. The molecule has 1 heterocycles. The number of amides is 2. The lowest BCUT2D eigenvalue weighted by atomic mass is 9.98. The molecule has 0 aromatic heterocycles. The number of aryl methyl sites for hydroxylation is 1. The third-order valence-electron chi connectivity index (χ3n) is 6.93. The van der Waals surface area contributed by atoms with E-state index in [0.29, 0.717) is 24.2 Å². The standard InChI is InChI=1S/C30H34N4O5S/c1-21-4-14-28(15-5-21)40(37,38)34-18-16-25(17-19-34)30(36)33-32-22(2)24-8-10-26(11-9-24)31-29(35)20-23-6-12-27(39-3)13-7-23/h4-15,25H,16-20H2,1-3H3,(H,31,35)(H,33,36)/b32-22-. The summed E-state index contributed by atoms with van der Waals surface area (Å²) in [5.74, 6) is 0.0643. The fourth-order valence-electron chi connectivity index (χ4n) is 4.44. The molecule has 0 radical (unpaired) electrons. The van der Waals surface area contributed by atoms with E-state index in [9.17, 15) is 18.0 Å². The zero-order chi connectivity index (χ0) is 28.7. The van der Waals surface area contributed by atoms with Gasteiger partial charge in [-0.2, -0.15) is 9.41 Å². The van der Waals surface area contributed by atoms with Gasteiger partial charge in [0.1, 0.15) is 5.75 Å². The predicted octanol–water partition coefficient (Wildman–Crippen LogP) is 4.13. The Hall–Kier alpha value is -4.02. The van der Waals surface area contributed by atoms with Crippen LogP contribution in [0.3, 0.4) is 0 Å². The highest BCUT2D eigenvalue weighted by atomic mass is 32.2. The number of nitrogens with zero attached hydrogens (tertiary/aromatic N) is 2. The van der Waals surface area contributed by atoms with Crippen molar-refractivity contribution in [3.8, 4) is 5.75 Å². The van der Waals surface area contributed by atoms with Gasteiger partial charge in [0.15, 0.2) is 0 Å². The van der Waals surface area contributed by atoms with Crippen LogP contribution in [-0.2, 0) is 26.0 Å². The van der Waals surface area contributed by atoms with Gasteiger partial charge in [-0.15, -0.1) is 0 Å². The first-order valence-corrected chi connectivity index (χ1v) is 14.5. The summed E-state index contributed by atoms with van der Waals surface area (Å²) in [5, 5.41) is 7.12. The van der Waals surface area contributed by atoms with E-state index in [0.717, 1.165) is 22.4 Å². The van der Waals surface area contributed by atoms with Crippen molar-refractivity contribution in [2.45, 2.75) is 38.0 Å². The summed E-state index contributed by atoms with van der Waals surface area (Å²) in [7, 11) is -1.98. The van der Waals surface area contributed by atoms with Crippen LogP contribution in [0.2, 0.25) is 0 Å². The highest BCUT2D eigenvalue weighted by Crippen LogP contribution is 2.24. The van der Waals surface area contributed by atoms with E-state index in [2.05, 4.69) is 15.8 Å². The van der Waals surface area contributed by atoms with Crippen LogP contribution in [0.4, 0.5) is 5.69 Å². The molecule has 0 saturated carbocycles. The van der Waals surface area contributed by atoms with Crippen LogP contribution in [0, 0.1) is 12.8 Å². The van der Waals surface area contributed by atoms with Crippen molar-refractivity contribution in [1.82, 2.24) is 9.73 Å². The van der Waals surface area contributed by atoms with Gasteiger partial charge in [0, 0.05) is 24.7 Å². The van der Waals surface area contributed by atoms with Crippen LogP contribution < -0.4 is 15.5 Å². The molecule has 1 aliphatic heterocycles. The zero-order valence-corrected chi connectivity index (χ0v) is 23.7. The largest absolute Gasteiger partial charge is 0.497 e. The molecule has 40 heavy (non-hydrogen) atoms. The summed E-state index contributed by atoms with van der Waals surface area (Å²) in [6.45, 7) is 4.26. The molecular weight excluding hydrogens is 528 g/mol. The quantitative estimate of drug-likeness (QED) is 0.301. The first kappa shape index (κ1) is 29.0. The van der Waals surface area contributed by atoms with Crippen LogP contribution in [0.25, 0.3) is 0 Å². The smallest absolute Gasteiger partial charge is 0.243 e. The summed E-state index contributed by atoms with van der Waals surface area (Å²) in [6.07, 6.45) is 1.10. The molecule has 0 aliphatic carbocycles. The number of carbonyl (C=O) groups is 2. The first-order valence-electron chi connectivity index (χ1n) is 13.1. The molecule has 1 aliphatic rings. The number of sulfonamides is 1. The van der Waals surface area contributed by atoms with Crippen molar-refractivity contribution >= 4 is 33.2 Å². The molecule has 0 unspecified atom stereocenters. The molecule has 4 rings (SSSR count). The van der Waals surface area contributed by atoms with Crippen molar-refractivity contribution in [3.63, 3.8) is 0 Å². The molecule has 3 aromatic rings. The fourth-order valence-corrected chi connectivity index (χ4v) is 5.91. The second kappa shape index (κ2) is 12.9. The topological polar surface area (TPSA) is 117 Å². The van der Waals surface area contributed by atoms with Crippen LogP contribution >= 0.6 is 0 Å². The van der Waals surface area contributed by atoms with Crippen LogP contribution in [0.15, 0.2) is 82.8 Å². The molecule has 210 valence electrons. The van der Waals surface area contributed by atoms with Gasteiger partial charge in [0.25, 0.3) is 0 Å². The van der Waals surface area contributed by atoms with Crippen molar-refractivity contribution in [3.05, 3.63) is 89.5 Å². The highest BCUT2D eigenvalue weighted by molar-refractivity contribution is 7.89. The molecular formula is C30H34N4O5S. The summed E-state index contributed by atoms with van der Waals surface area (Å²) in [5.41, 5.74) is 6.57. The third kappa shape index (κ3) is 7.34. The number of anilines is 1. The number of methoxy groups -OCH3 is 1. The van der Waals surface area contributed by atoms with Gasteiger partial charge in [0.05, 0.1) is 24.1 Å². The summed E-state index contributed by atoms with van der Waals surface area (Å²) in [6, 6.07) is 21.3. The lowest BCUT2D eigenvalue weighted by molar-refractivity contribution is -0.126. The number of piperidine rings is 1. The Balaban J connectivity index is 1.26. The summed E-state index contributed by atoms with van der Waals surface area (Å²) >= 11 is 0. The van der Waals surface area contributed by atoms with Crippen LogP contribution in [0.1, 0.15) is 36.5 Å².